The van der Waals surface area contributed by atoms with Crippen LogP contribution in [0.2, 0.25) is 0 Å². The molecule has 0 fully saturated rings. The summed E-state index contributed by atoms with van der Waals surface area (Å²) < 4.78 is 12.4. The molecule has 294 valence electrons. The molecule has 3 aliphatic rings. The number of para-hydroxylation sites is 2. The molecule has 1 spiro atoms. The molecule has 0 bridgehead atoms. The van der Waals surface area contributed by atoms with Crippen molar-refractivity contribution in [3.63, 3.8) is 0 Å². The third kappa shape index (κ3) is 4.85. The summed E-state index contributed by atoms with van der Waals surface area (Å²) >= 11 is 0. The van der Waals surface area contributed by atoms with Crippen molar-refractivity contribution in [1.29, 1.82) is 0 Å². The minimum Gasteiger partial charge on any atom is -0.456 e. The summed E-state index contributed by atoms with van der Waals surface area (Å²) in [7, 11) is 0. The van der Waals surface area contributed by atoms with Gasteiger partial charge in [-0.15, -0.1) is 0 Å². The molecule has 5 heteroatoms. The average molecular weight is 806 g/mol. The molecule has 5 nitrogen and oxygen atoms in total. The van der Waals surface area contributed by atoms with Gasteiger partial charge < -0.3 is 8.83 Å². The number of hydrogen-bond acceptors (Lipinski definition) is 5. The van der Waals surface area contributed by atoms with Crippen LogP contribution in [0.4, 0.5) is 0 Å². The first-order valence-electron chi connectivity index (χ1n) is 21.7. The van der Waals surface area contributed by atoms with E-state index in [9.17, 15) is 0 Å². The largest absolute Gasteiger partial charge is 0.456 e. The summed E-state index contributed by atoms with van der Waals surface area (Å²) in [6.45, 7) is 0. The standard InChI is InChI=1S/C58H35N3O2/c1-6-18-46-39(12-1)40-13-2-7-19-47(40)58(46)48-20-8-3-16-43(48)54-38(17-11-21-49(54)58)34-24-26-35(27-25-34)55-59-56(36-28-30-52-44(32-36)41-14-4-9-22-50(41)62-52)61-57(60-55)37-29-31-53-45(33-37)42-15-5-10-23-51(42)63-53/h1,3-6,8-33H,2,7H2. The van der Waals surface area contributed by atoms with Gasteiger partial charge >= 0.3 is 0 Å². The van der Waals surface area contributed by atoms with Crippen LogP contribution in [0.3, 0.4) is 0 Å². The van der Waals surface area contributed by atoms with Crippen molar-refractivity contribution in [1.82, 2.24) is 15.0 Å². The Hall–Kier alpha value is -8.15. The maximum absolute atomic E-state index is 6.19. The molecule has 63 heavy (non-hydrogen) atoms. The van der Waals surface area contributed by atoms with Gasteiger partial charge in [0.15, 0.2) is 17.5 Å². The number of fused-ring (bicyclic) bond motifs is 16. The average Bonchev–Trinajstić information content (AvgIpc) is 4.09. The van der Waals surface area contributed by atoms with Crippen LogP contribution < -0.4 is 0 Å². The predicted octanol–water partition coefficient (Wildman–Crippen LogP) is 14.8. The van der Waals surface area contributed by atoms with Crippen LogP contribution in [0.15, 0.2) is 202 Å². The van der Waals surface area contributed by atoms with E-state index in [0.29, 0.717) is 17.5 Å². The van der Waals surface area contributed by atoms with Gasteiger partial charge in [0.05, 0.1) is 5.41 Å². The van der Waals surface area contributed by atoms with Crippen molar-refractivity contribution in [2.75, 3.05) is 0 Å². The second-order valence-corrected chi connectivity index (χ2v) is 16.9. The smallest absolute Gasteiger partial charge is 0.164 e. The molecule has 0 saturated carbocycles. The fraction of sp³-hybridized carbons (Fsp3) is 0.0517. The SMILES string of the molecule is C1=C2C(=CCC1)C1(c3ccccc32)c2ccccc2-c2c(-c3ccc(-c4nc(-c5ccc6oc7ccccc7c6c5)nc(-c5ccc6oc7ccccc7c6c5)n4)cc3)cccc21. The van der Waals surface area contributed by atoms with Crippen molar-refractivity contribution >= 4 is 49.5 Å². The van der Waals surface area contributed by atoms with Crippen LogP contribution in [-0.2, 0) is 5.41 Å². The van der Waals surface area contributed by atoms with E-state index in [4.69, 9.17) is 23.8 Å². The zero-order valence-corrected chi connectivity index (χ0v) is 34.0. The van der Waals surface area contributed by atoms with Gasteiger partial charge in [0.2, 0.25) is 0 Å². The van der Waals surface area contributed by atoms with Crippen molar-refractivity contribution < 1.29 is 8.83 Å². The van der Waals surface area contributed by atoms with E-state index in [2.05, 4.69) is 127 Å². The third-order valence-corrected chi connectivity index (χ3v) is 13.6. The van der Waals surface area contributed by atoms with E-state index >= 15 is 0 Å². The molecule has 0 radical (unpaired) electrons. The fourth-order valence-electron chi connectivity index (χ4n) is 10.9. The molecule has 1 atom stereocenters. The first kappa shape index (κ1) is 34.6. The Morgan fingerprint density at radius 3 is 1.51 bits per heavy atom. The minimum absolute atomic E-state index is 0.347. The highest BCUT2D eigenvalue weighted by Crippen LogP contribution is 2.65. The van der Waals surface area contributed by atoms with Crippen molar-refractivity contribution in [2.45, 2.75) is 18.3 Å². The van der Waals surface area contributed by atoms with E-state index in [1.807, 2.05) is 60.7 Å². The molecule has 3 heterocycles. The van der Waals surface area contributed by atoms with E-state index in [0.717, 1.165) is 79.0 Å². The molecule has 14 rings (SSSR count). The molecule has 0 aliphatic heterocycles. The summed E-state index contributed by atoms with van der Waals surface area (Å²) in [5, 5.41) is 4.16. The highest BCUT2D eigenvalue weighted by atomic mass is 16.3. The Bertz CT molecular complexity index is 3680. The number of allylic oxidation sites excluding steroid dienone is 4. The fourth-order valence-corrected chi connectivity index (χ4v) is 10.9. The Balaban J connectivity index is 0.925. The Labute approximate surface area is 362 Å². The molecule has 3 aliphatic carbocycles. The number of furan rings is 2. The van der Waals surface area contributed by atoms with Crippen LogP contribution in [-0.4, -0.2) is 15.0 Å². The van der Waals surface area contributed by atoms with Crippen molar-refractivity contribution in [2.24, 2.45) is 0 Å². The van der Waals surface area contributed by atoms with Gasteiger partial charge in [-0.25, -0.2) is 15.0 Å². The molecule has 0 amide bonds. The minimum atomic E-state index is -0.347. The topological polar surface area (TPSA) is 65.0 Å². The summed E-state index contributed by atoms with van der Waals surface area (Å²) in [5.41, 5.74) is 18.9. The predicted molar refractivity (Wildman–Crippen MR) is 253 cm³/mol. The van der Waals surface area contributed by atoms with Crippen molar-refractivity contribution in [3.05, 3.63) is 216 Å². The van der Waals surface area contributed by atoms with Gasteiger partial charge in [-0.05, 0) is 117 Å². The van der Waals surface area contributed by atoms with E-state index in [-0.39, 0.29) is 5.41 Å². The lowest BCUT2D eigenvalue weighted by Crippen LogP contribution is -2.26. The molecular formula is C58H35N3O2. The maximum atomic E-state index is 6.19. The lowest BCUT2D eigenvalue weighted by Gasteiger charge is -2.31. The van der Waals surface area contributed by atoms with Gasteiger partial charge in [-0.3, -0.25) is 0 Å². The Kier molecular flexibility index (Phi) is 7.09. The van der Waals surface area contributed by atoms with Crippen molar-refractivity contribution in [3.8, 4) is 56.4 Å². The Morgan fingerprint density at radius 1 is 0.365 bits per heavy atom. The summed E-state index contributed by atoms with van der Waals surface area (Å²) in [5.74, 6) is 1.78. The van der Waals surface area contributed by atoms with Gasteiger partial charge in [-0.1, -0.05) is 140 Å². The van der Waals surface area contributed by atoms with Gasteiger partial charge in [0, 0.05) is 38.2 Å². The number of aromatic nitrogens is 3. The quantitative estimate of drug-likeness (QED) is 0.177. The summed E-state index contributed by atoms with van der Waals surface area (Å²) in [6, 6.07) is 62.4. The van der Waals surface area contributed by atoms with Crippen LogP contribution in [0.1, 0.15) is 35.1 Å². The monoisotopic (exact) mass is 805 g/mol. The molecular weight excluding hydrogens is 771 g/mol. The van der Waals surface area contributed by atoms with Crippen LogP contribution in [0, 0.1) is 0 Å². The zero-order valence-electron chi connectivity index (χ0n) is 34.0. The Morgan fingerprint density at radius 2 is 0.841 bits per heavy atom. The molecule has 0 N–H and O–H groups in total. The molecule has 1 unspecified atom stereocenters. The van der Waals surface area contributed by atoms with Crippen LogP contribution in [0.5, 0.6) is 0 Å². The zero-order chi connectivity index (χ0) is 41.2. The first-order valence-corrected chi connectivity index (χ1v) is 21.7. The molecule has 8 aromatic carbocycles. The normalized spacial score (nSPS) is 16.1. The molecule has 11 aromatic rings. The number of benzene rings is 8. The summed E-state index contributed by atoms with van der Waals surface area (Å²) in [6.07, 6.45) is 7.09. The highest BCUT2D eigenvalue weighted by molar-refractivity contribution is 6.08. The van der Waals surface area contributed by atoms with Crippen LogP contribution >= 0.6 is 0 Å². The third-order valence-electron chi connectivity index (χ3n) is 13.6. The second kappa shape index (κ2) is 12.9. The number of nitrogens with zero attached hydrogens (tertiary/aromatic N) is 3. The number of rotatable bonds is 4. The van der Waals surface area contributed by atoms with Gasteiger partial charge in [0.1, 0.15) is 22.3 Å². The summed E-state index contributed by atoms with van der Waals surface area (Å²) in [4.78, 5) is 15.5. The maximum Gasteiger partial charge on any atom is 0.164 e. The van der Waals surface area contributed by atoms with E-state index < -0.39 is 0 Å². The van der Waals surface area contributed by atoms with Crippen LogP contribution in [0.25, 0.3) is 106 Å². The lowest BCUT2D eigenvalue weighted by molar-refractivity contribution is 0.668. The molecule has 0 saturated heterocycles. The van der Waals surface area contributed by atoms with Gasteiger partial charge in [0.25, 0.3) is 0 Å². The second-order valence-electron chi connectivity index (χ2n) is 16.9. The lowest BCUT2D eigenvalue weighted by atomic mass is 9.69. The van der Waals surface area contributed by atoms with E-state index in [1.165, 1.54) is 50.1 Å². The first-order chi connectivity index (χ1) is 31.2. The highest BCUT2D eigenvalue weighted by Gasteiger charge is 2.53. The number of hydrogen-bond donors (Lipinski definition) is 0. The van der Waals surface area contributed by atoms with E-state index in [1.54, 1.807) is 0 Å². The van der Waals surface area contributed by atoms with Gasteiger partial charge in [-0.2, -0.15) is 0 Å². The molecule has 3 aromatic heterocycles.